The molecule has 0 aromatic heterocycles. The summed E-state index contributed by atoms with van der Waals surface area (Å²) in [6, 6.07) is 13.4. The Labute approximate surface area is 173 Å². The van der Waals surface area contributed by atoms with Crippen molar-refractivity contribution >= 4 is 39.3 Å². The smallest absolute Gasteiger partial charge is 0.238 e. The largest absolute Gasteiger partial charge is 0.493 e. The second-order valence-electron chi connectivity index (χ2n) is 5.71. The molecule has 0 bridgehead atoms. The summed E-state index contributed by atoms with van der Waals surface area (Å²) >= 11 is 5.10. The van der Waals surface area contributed by atoms with E-state index < -0.39 is 0 Å². The molecule has 0 atom stereocenters. The van der Waals surface area contributed by atoms with Gasteiger partial charge in [0.15, 0.2) is 11.5 Å². The Bertz CT molecular complexity index is 754. The van der Waals surface area contributed by atoms with Gasteiger partial charge in [0.2, 0.25) is 5.91 Å². The molecular formula is C20H25BrN2O3S. The first-order valence-corrected chi connectivity index (χ1v) is 10.6. The minimum absolute atomic E-state index is 0.0441. The van der Waals surface area contributed by atoms with Crippen molar-refractivity contribution in [3.05, 3.63) is 46.9 Å². The zero-order chi connectivity index (χ0) is 19.6. The van der Waals surface area contributed by atoms with Crippen LogP contribution in [0.25, 0.3) is 0 Å². The Hall–Kier alpha value is -1.70. The van der Waals surface area contributed by atoms with Crippen LogP contribution in [-0.2, 0) is 4.79 Å². The summed E-state index contributed by atoms with van der Waals surface area (Å²) in [6.07, 6.45) is 0. The van der Waals surface area contributed by atoms with Crippen LogP contribution in [0, 0.1) is 0 Å². The summed E-state index contributed by atoms with van der Waals surface area (Å²) in [7, 11) is 1.60. The minimum atomic E-state index is -0.0441. The highest BCUT2D eigenvalue weighted by atomic mass is 79.9. The molecule has 2 aromatic rings. The fraction of sp³-hybridized carbons (Fsp3) is 0.350. The molecule has 2 aromatic carbocycles. The molecule has 7 heteroatoms. The van der Waals surface area contributed by atoms with Gasteiger partial charge in [-0.1, -0.05) is 37.7 Å². The number of methoxy groups -OCH3 is 1. The highest BCUT2D eigenvalue weighted by Crippen LogP contribution is 2.33. The molecule has 0 heterocycles. The average Bonchev–Trinajstić information content (AvgIpc) is 2.68. The number of hydrogen-bond acceptors (Lipinski definition) is 5. The lowest BCUT2D eigenvalue weighted by Gasteiger charge is -2.18. The van der Waals surface area contributed by atoms with Crippen molar-refractivity contribution in [2.75, 3.05) is 38.0 Å². The van der Waals surface area contributed by atoms with Crippen LogP contribution in [0.5, 0.6) is 11.5 Å². The molecule has 0 unspecified atom stereocenters. The van der Waals surface area contributed by atoms with E-state index in [9.17, 15) is 4.79 Å². The number of amides is 1. The van der Waals surface area contributed by atoms with Crippen molar-refractivity contribution in [1.82, 2.24) is 4.90 Å². The lowest BCUT2D eigenvalue weighted by Crippen LogP contribution is -2.32. The molecule has 0 aliphatic carbocycles. The minimum Gasteiger partial charge on any atom is -0.493 e. The summed E-state index contributed by atoms with van der Waals surface area (Å²) < 4.78 is 12.3. The molecule has 0 saturated heterocycles. The van der Waals surface area contributed by atoms with Crippen molar-refractivity contribution in [3.8, 4) is 11.5 Å². The highest BCUT2D eigenvalue weighted by molar-refractivity contribution is 9.10. The number of hydrogen-bond donors (Lipinski definition) is 1. The molecule has 5 nitrogen and oxygen atoms in total. The van der Waals surface area contributed by atoms with Gasteiger partial charge in [0.25, 0.3) is 0 Å². The van der Waals surface area contributed by atoms with Gasteiger partial charge >= 0.3 is 0 Å². The lowest BCUT2D eigenvalue weighted by atomic mass is 10.2. The molecule has 1 amide bonds. The van der Waals surface area contributed by atoms with Crippen molar-refractivity contribution in [1.29, 1.82) is 0 Å². The van der Waals surface area contributed by atoms with E-state index in [0.717, 1.165) is 22.5 Å². The molecule has 27 heavy (non-hydrogen) atoms. The van der Waals surface area contributed by atoms with Gasteiger partial charge in [0.05, 0.1) is 13.7 Å². The van der Waals surface area contributed by atoms with Gasteiger partial charge in [-0.2, -0.15) is 0 Å². The van der Waals surface area contributed by atoms with E-state index in [1.165, 1.54) is 0 Å². The first-order chi connectivity index (χ1) is 13.1. The number of benzene rings is 2. The van der Waals surface area contributed by atoms with Gasteiger partial charge in [-0.15, -0.1) is 0 Å². The Morgan fingerprint density at radius 1 is 1.15 bits per heavy atom. The van der Waals surface area contributed by atoms with Crippen LogP contribution in [0.3, 0.4) is 0 Å². The SMILES string of the molecule is CCN(CC)CC(=O)Nc1ccc(OC)c(OCSc2ccccc2Br)c1. The number of ether oxygens (including phenoxy) is 2. The van der Waals surface area contributed by atoms with E-state index in [2.05, 4.69) is 26.1 Å². The molecular weight excluding hydrogens is 428 g/mol. The number of likely N-dealkylation sites (N-methyl/N-ethyl adjacent to an activating group) is 1. The lowest BCUT2D eigenvalue weighted by molar-refractivity contribution is -0.117. The van der Waals surface area contributed by atoms with Crippen LogP contribution in [0.2, 0.25) is 0 Å². The zero-order valence-corrected chi connectivity index (χ0v) is 18.2. The van der Waals surface area contributed by atoms with Crippen LogP contribution in [-0.4, -0.2) is 43.5 Å². The van der Waals surface area contributed by atoms with E-state index in [1.54, 1.807) is 31.0 Å². The van der Waals surface area contributed by atoms with Crippen LogP contribution < -0.4 is 14.8 Å². The first kappa shape index (κ1) is 21.6. The molecule has 0 aliphatic rings. The Kier molecular flexibility index (Phi) is 8.97. The predicted molar refractivity (Wildman–Crippen MR) is 115 cm³/mol. The second kappa shape index (κ2) is 11.2. The number of halogens is 1. The van der Waals surface area contributed by atoms with Crippen LogP contribution in [0.4, 0.5) is 5.69 Å². The number of anilines is 1. The number of nitrogens with zero attached hydrogens (tertiary/aromatic N) is 1. The van der Waals surface area contributed by atoms with Gasteiger partial charge in [0.1, 0.15) is 5.94 Å². The molecule has 0 saturated carbocycles. The van der Waals surface area contributed by atoms with Crippen molar-refractivity contribution < 1.29 is 14.3 Å². The number of thioether (sulfide) groups is 1. The first-order valence-electron chi connectivity index (χ1n) is 8.77. The maximum atomic E-state index is 12.2. The molecule has 2 rings (SSSR count). The fourth-order valence-corrected chi connectivity index (χ4v) is 3.76. The van der Waals surface area contributed by atoms with E-state index in [1.807, 2.05) is 44.2 Å². The van der Waals surface area contributed by atoms with Gasteiger partial charge < -0.3 is 14.8 Å². The van der Waals surface area contributed by atoms with E-state index in [0.29, 0.717) is 29.7 Å². The Morgan fingerprint density at radius 2 is 1.89 bits per heavy atom. The van der Waals surface area contributed by atoms with Gasteiger partial charge in [0, 0.05) is 21.1 Å². The number of carbonyl (C=O) groups is 1. The van der Waals surface area contributed by atoms with Gasteiger partial charge in [-0.25, -0.2) is 0 Å². The van der Waals surface area contributed by atoms with Gasteiger partial charge in [-0.3, -0.25) is 9.69 Å². The third-order valence-corrected chi connectivity index (χ3v) is 5.83. The molecule has 1 N–H and O–H groups in total. The maximum absolute atomic E-state index is 12.2. The van der Waals surface area contributed by atoms with Crippen molar-refractivity contribution in [3.63, 3.8) is 0 Å². The van der Waals surface area contributed by atoms with Crippen LogP contribution in [0.1, 0.15) is 13.8 Å². The van der Waals surface area contributed by atoms with E-state index in [-0.39, 0.29) is 5.91 Å². The monoisotopic (exact) mass is 452 g/mol. The normalized spacial score (nSPS) is 10.7. The van der Waals surface area contributed by atoms with Crippen molar-refractivity contribution in [2.45, 2.75) is 18.7 Å². The summed E-state index contributed by atoms with van der Waals surface area (Å²) in [4.78, 5) is 15.4. The standard InChI is InChI=1S/C20H25BrN2O3S/c1-4-23(5-2)13-20(24)22-15-10-11-17(25-3)18(12-15)26-14-27-19-9-7-6-8-16(19)21/h6-12H,4-5,13-14H2,1-3H3,(H,22,24). The van der Waals surface area contributed by atoms with E-state index >= 15 is 0 Å². The van der Waals surface area contributed by atoms with E-state index in [4.69, 9.17) is 9.47 Å². The van der Waals surface area contributed by atoms with Crippen LogP contribution in [0.15, 0.2) is 51.8 Å². The number of rotatable bonds is 10. The molecule has 146 valence electrons. The fourth-order valence-electron chi connectivity index (χ4n) is 2.44. The topological polar surface area (TPSA) is 50.8 Å². The third kappa shape index (κ3) is 6.75. The second-order valence-corrected chi connectivity index (χ2v) is 7.53. The Balaban J connectivity index is 1.99. The highest BCUT2D eigenvalue weighted by Gasteiger charge is 2.11. The summed E-state index contributed by atoms with van der Waals surface area (Å²) in [5, 5.41) is 2.92. The van der Waals surface area contributed by atoms with Crippen LogP contribution >= 0.6 is 27.7 Å². The van der Waals surface area contributed by atoms with Crippen molar-refractivity contribution in [2.24, 2.45) is 0 Å². The molecule has 0 radical (unpaired) electrons. The quantitative estimate of drug-likeness (QED) is 0.411. The number of nitrogens with one attached hydrogen (secondary N) is 1. The van der Waals surface area contributed by atoms with Gasteiger partial charge in [-0.05, 0) is 53.3 Å². The predicted octanol–water partition coefficient (Wildman–Crippen LogP) is 4.87. The molecule has 0 aliphatic heterocycles. The molecule has 0 fully saturated rings. The Morgan fingerprint density at radius 3 is 2.56 bits per heavy atom. The molecule has 0 spiro atoms. The average molecular weight is 453 g/mol. The summed E-state index contributed by atoms with van der Waals surface area (Å²) in [6.45, 7) is 6.13. The summed E-state index contributed by atoms with van der Waals surface area (Å²) in [5.74, 6) is 1.61. The zero-order valence-electron chi connectivity index (χ0n) is 15.8. The maximum Gasteiger partial charge on any atom is 0.238 e. The number of carbonyl (C=O) groups excluding carboxylic acids is 1. The third-order valence-electron chi connectivity index (χ3n) is 3.97. The summed E-state index contributed by atoms with van der Waals surface area (Å²) in [5.41, 5.74) is 0.689.